The Bertz CT molecular complexity index is 1200. The van der Waals surface area contributed by atoms with Crippen LogP contribution in [-0.4, -0.2) is 22.6 Å². The Morgan fingerprint density at radius 3 is 2.63 bits per heavy atom. The SMILES string of the molecule is COc1ccccc1C(=O)NC(C)c1nc2ccccc2n1Cc1cccc(C)c1. The van der Waals surface area contributed by atoms with E-state index in [2.05, 4.69) is 47.1 Å². The highest BCUT2D eigenvalue weighted by atomic mass is 16.5. The molecular weight excluding hydrogens is 374 g/mol. The first-order valence-corrected chi connectivity index (χ1v) is 10.0. The van der Waals surface area contributed by atoms with Gasteiger partial charge in [0.2, 0.25) is 0 Å². The van der Waals surface area contributed by atoms with Gasteiger partial charge in [0.1, 0.15) is 11.6 Å². The molecule has 1 amide bonds. The number of benzene rings is 3. The Morgan fingerprint density at radius 1 is 1.07 bits per heavy atom. The molecule has 5 heteroatoms. The van der Waals surface area contributed by atoms with Crippen molar-refractivity contribution >= 4 is 16.9 Å². The Labute approximate surface area is 176 Å². The Hall–Kier alpha value is -3.60. The second-order valence-corrected chi connectivity index (χ2v) is 7.43. The second-order valence-electron chi connectivity index (χ2n) is 7.43. The van der Waals surface area contributed by atoms with Crippen molar-refractivity contribution in [2.45, 2.75) is 26.4 Å². The molecule has 1 N–H and O–H groups in total. The van der Waals surface area contributed by atoms with Crippen molar-refractivity contribution in [2.24, 2.45) is 0 Å². The lowest BCUT2D eigenvalue weighted by atomic mass is 10.1. The summed E-state index contributed by atoms with van der Waals surface area (Å²) < 4.78 is 7.51. The maximum Gasteiger partial charge on any atom is 0.255 e. The Morgan fingerprint density at radius 2 is 1.83 bits per heavy atom. The number of aromatic nitrogens is 2. The predicted octanol–water partition coefficient (Wildman–Crippen LogP) is 4.89. The largest absolute Gasteiger partial charge is 0.496 e. The van der Waals surface area contributed by atoms with Crippen molar-refractivity contribution in [1.82, 2.24) is 14.9 Å². The molecule has 4 aromatic rings. The molecule has 0 fully saturated rings. The molecule has 1 heterocycles. The van der Waals surface area contributed by atoms with Crippen LogP contribution in [-0.2, 0) is 6.54 Å². The number of nitrogens with one attached hydrogen (secondary N) is 1. The number of methoxy groups -OCH3 is 1. The molecule has 1 atom stereocenters. The molecule has 30 heavy (non-hydrogen) atoms. The first kappa shape index (κ1) is 19.7. The Balaban J connectivity index is 1.68. The number of fused-ring (bicyclic) bond motifs is 1. The highest BCUT2D eigenvalue weighted by Crippen LogP contribution is 2.24. The van der Waals surface area contributed by atoms with Crippen LogP contribution in [0.25, 0.3) is 11.0 Å². The van der Waals surface area contributed by atoms with E-state index in [1.807, 2.05) is 37.3 Å². The lowest BCUT2D eigenvalue weighted by Gasteiger charge is -2.17. The van der Waals surface area contributed by atoms with E-state index in [4.69, 9.17) is 9.72 Å². The van der Waals surface area contributed by atoms with Crippen LogP contribution in [0.1, 0.15) is 40.3 Å². The molecule has 0 aliphatic carbocycles. The van der Waals surface area contributed by atoms with E-state index < -0.39 is 0 Å². The average molecular weight is 399 g/mol. The third-order valence-electron chi connectivity index (χ3n) is 5.19. The molecule has 5 nitrogen and oxygen atoms in total. The summed E-state index contributed by atoms with van der Waals surface area (Å²) in [4.78, 5) is 17.7. The molecule has 1 aromatic heterocycles. The number of para-hydroxylation sites is 3. The van der Waals surface area contributed by atoms with E-state index in [1.165, 1.54) is 11.1 Å². The van der Waals surface area contributed by atoms with E-state index in [9.17, 15) is 4.79 Å². The fourth-order valence-electron chi connectivity index (χ4n) is 3.76. The zero-order valence-corrected chi connectivity index (χ0v) is 17.4. The van der Waals surface area contributed by atoms with Gasteiger partial charge in [-0.25, -0.2) is 4.98 Å². The molecule has 0 saturated heterocycles. The molecule has 3 aromatic carbocycles. The monoisotopic (exact) mass is 399 g/mol. The van der Waals surface area contributed by atoms with Gasteiger partial charge in [0.15, 0.2) is 0 Å². The summed E-state index contributed by atoms with van der Waals surface area (Å²) in [6.45, 7) is 4.74. The zero-order chi connectivity index (χ0) is 21.1. The summed E-state index contributed by atoms with van der Waals surface area (Å²) in [5.41, 5.74) is 4.89. The number of nitrogens with zero attached hydrogens (tertiary/aromatic N) is 2. The highest BCUT2D eigenvalue weighted by Gasteiger charge is 2.20. The molecule has 4 rings (SSSR count). The summed E-state index contributed by atoms with van der Waals surface area (Å²) in [6.07, 6.45) is 0. The molecule has 0 bridgehead atoms. The van der Waals surface area contributed by atoms with E-state index in [-0.39, 0.29) is 11.9 Å². The third-order valence-corrected chi connectivity index (χ3v) is 5.19. The number of amides is 1. The van der Waals surface area contributed by atoms with Gasteiger partial charge in [0.05, 0.1) is 29.7 Å². The summed E-state index contributed by atoms with van der Waals surface area (Å²) in [5.74, 6) is 1.19. The minimum Gasteiger partial charge on any atom is -0.496 e. The van der Waals surface area contributed by atoms with Crippen LogP contribution < -0.4 is 10.1 Å². The summed E-state index contributed by atoms with van der Waals surface area (Å²) in [5, 5.41) is 3.08. The predicted molar refractivity (Wildman–Crippen MR) is 119 cm³/mol. The van der Waals surface area contributed by atoms with Gasteiger partial charge in [0, 0.05) is 6.54 Å². The van der Waals surface area contributed by atoms with Crippen LogP contribution in [0.3, 0.4) is 0 Å². The van der Waals surface area contributed by atoms with Gasteiger partial charge in [-0.3, -0.25) is 4.79 Å². The number of imidazole rings is 1. The molecule has 1 unspecified atom stereocenters. The molecule has 0 radical (unpaired) electrons. The van der Waals surface area contributed by atoms with E-state index in [0.29, 0.717) is 17.9 Å². The fraction of sp³-hybridized carbons (Fsp3) is 0.200. The van der Waals surface area contributed by atoms with Gasteiger partial charge in [-0.15, -0.1) is 0 Å². The molecule has 0 saturated carbocycles. The minimum absolute atomic E-state index is 0.186. The van der Waals surface area contributed by atoms with Crippen molar-refractivity contribution in [3.8, 4) is 5.75 Å². The van der Waals surface area contributed by atoms with Crippen molar-refractivity contribution in [2.75, 3.05) is 7.11 Å². The molecule has 0 aliphatic heterocycles. The number of carbonyl (C=O) groups is 1. The summed E-state index contributed by atoms with van der Waals surface area (Å²) >= 11 is 0. The molecular formula is C25H25N3O2. The van der Waals surface area contributed by atoms with E-state index in [0.717, 1.165) is 16.9 Å². The number of hydrogen-bond donors (Lipinski definition) is 1. The summed E-state index contributed by atoms with van der Waals surface area (Å²) in [7, 11) is 1.57. The second kappa shape index (κ2) is 8.41. The van der Waals surface area contributed by atoms with Crippen LogP contribution >= 0.6 is 0 Å². The molecule has 0 aliphatic rings. The fourth-order valence-corrected chi connectivity index (χ4v) is 3.76. The number of carbonyl (C=O) groups excluding carboxylic acids is 1. The normalized spacial score (nSPS) is 12.0. The first-order valence-electron chi connectivity index (χ1n) is 10.0. The van der Waals surface area contributed by atoms with Crippen molar-refractivity contribution in [3.05, 3.63) is 95.3 Å². The number of rotatable bonds is 6. The molecule has 0 spiro atoms. The lowest BCUT2D eigenvalue weighted by Crippen LogP contribution is -2.29. The maximum absolute atomic E-state index is 12.9. The standard InChI is InChI=1S/C25H25N3O2/c1-17-9-8-10-19(15-17)16-28-22-13-6-5-12-21(22)27-24(28)18(2)26-25(29)20-11-4-7-14-23(20)30-3/h4-15,18H,16H2,1-3H3,(H,26,29). The van der Waals surface area contributed by atoms with Gasteiger partial charge in [-0.1, -0.05) is 54.1 Å². The van der Waals surface area contributed by atoms with Crippen molar-refractivity contribution < 1.29 is 9.53 Å². The van der Waals surface area contributed by atoms with Gasteiger partial charge in [0.25, 0.3) is 5.91 Å². The topological polar surface area (TPSA) is 56.1 Å². The van der Waals surface area contributed by atoms with E-state index in [1.54, 1.807) is 19.2 Å². The minimum atomic E-state index is -0.278. The van der Waals surface area contributed by atoms with Gasteiger partial charge >= 0.3 is 0 Å². The van der Waals surface area contributed by atoms with Crippen molar-refractivity contribution in [3.63, 3.8) is 0 Å². The average Bonchev–Trinajstić information content (AvgIpc) is 3.12. The van der Waals surface area contributed by atoms with Gasteiger partial charge in [-0.2, -0.15) is 0 Å². The van der Waals surface area contributed by atoms with Crippen molar-refractivity contribution in [1.29, 1.82) is 0 Å². The Kier molecular flexibility index (Phi) is 5.53. The smallest absolute Gasteiger partial charge is 0.255 e. The number of aryl methyl sites for hydroxylation is 1. The van der Waals surface area contributed by atoms with Crippen LogP contribution in [0, 0.1) is 6.92 Å². The van der Waals surface area contributed by atoms with Crippen LogP contribution in [0.2, 0.25) is 0 Å². The maximum atomic E-state index is 12.9. The number of ether oxygens (including phenoxy) is 1. The number of hydrogen-bond acceptors (Lipinski definition) is 3. The molecule has 152 valence electrons. The lowest BCUT2D eigenvalue weighted by molar-refractivity contribution is 0.0934. The third kappa shape index (κ3) is 3.92. The van der Waals surface area contributed by atoms with E-state index >= 15 is 0 Å². The van der Waals surface area contributed by atoms with Crippen LogP contribution in [0.4, 0.5) is 0 Å². The van der Waals surface area contributed by atoms with Gasteiger partial charge in [-0.05, 0) is 43.7 Å². The van der Waals surface area contributed by atoms with Crippen LogP contribution in [0.5, 0.6) is 5.75 Å². The first-order chi connectivity index (χ1) is 14.6. The highest BCUT2D eigenvalue weighted by molar-refractivity contribution is 5.97. The van der Waals surface area contributed by atoms with Gasteiger partial charge < -0.3 is 14.6 Å². The van der Waals surface area contributed by atoms with Crippen LogP contribution in [0.15, 0.2) is 72.8 Å². The summed E-state index contributed by atoms with van der Waals surface area (Å²) in [6, 6.07) is 23.4. The zero-order valence-electron chi connectivity index (χ0n) is 17.4. The quantitative estimate of drug-likeness (QED) is 0.502.